The molecule has 0 saturated heterocycles. The third kappa shape index (κ3) is 5.46. The fourth-order valence-corrected chi connectivity index (χ4v) is 5.88. The van der Waals surface area contributed by atoms with Gasteiger partial charge in [0.05, 0.1) is 5.25 Å². The maximum atomic E-state index is 12.9. The second-order valence-electron chi connectivity index (χ2n) is 7.06. The van der Waals surface area contributed by atoms with Gasteiger partial charge in [-0.2, -0.15) is 0 Å². The van der Waals surface area contributed by atoms with E-state index in [2.05, 4.69) is 5.32 Å². The molecule has 1 aliphatic carbocycles. The van der Waals surface area contributed by atoms with Crippen LogP contribution in [0.3, 0.4) is 0 Å². The van der Waals surface area contributed by atoms with Crippen molar-refractivity contribution >= 4 is 21.7 Å². The lowest BCUT2D eigenvalue weighted by atomic mass is 10.0. The summed E-state index contributed by atoms with van der Waals surface area (Å²) in [6.45, 7) is 5.34. The van der Waals surface area contributed by atoms with Crippen LogP contribution in [0.15, 0.2) is 0 Å². The molecule has 1 saturated carbocycles. The smallest absolute Gasteiger partial charge is 0.326 e. The van der Waals surface area contributed by atoms with Crippen molar-refractivity contribution < 1.29 is 23.1 Å². The van der Waals surface area contributed by atoms with Crippen LogP contribution in [-0.2, 0) is 19.4 Å². The van der Waals surface area contributed by atoms with E-state index in [9.17, 15) is 23.1 Å². The van der Waals surface area contributed by atoms with Crippen molar-refractivity contribution in [2.24, 2.45) is 5.92 Å². The fourth-order valence-electron chi connectivity index (χ4n) is 3.35. The summed E-state index contributed by atoms with van der Waals surface area (Å²) in [6.07, 6.45) is 5.74. The van der Waals surface area contributed by atoms with E-state index in [1.807, 2.05) is 6.92 Å². The van der Waals surface area contributed by atoms with Crippen LogP contribution in [0.2, 0.25) is 0 Å². The lowest BCUT2D eigenvalue weighted by Gasteiger charge is -2.29. The highest BCUT2D eigenvalue weighted by Gasteiger charge is 2.42. The van der Waals surface area contributed by atoms with E-state index >= 15 is 0 Å². The highest BCUT2D eigenvalue weighted by atomic mass is 32.2. The molecule has 1 rings (SSSR count). The minimum Gasteiger partial charge on any atom is -0.480 e. The number of hydrogen-bond acceptors (Lipinski definition) is 4. The topological polar surface area (TPSA) is 101 Å². The molecule has 1 unspecified atom stereocenters. The molecule has 7 heteroatoms. The van der Waals surface area contributed by atoms with Gasteiger partial charge in [-0.05, 0) is 25.2 Å². The van der Waals surface area contributed by atoms with Gasteiger partial charge < -0.3 is 10.4 Å². The van der Waals surface area contributed by atoms with Gasteiger partial charge in [0.15, 0.2) is 9.84 Å². The lowest BCUT2D eigenvalue weighted by molar-refractivity contribution is -0.142. The van der Waals surface area contributed by atoms with Crippen LogP contribution >= 0.6 is 0 Å². The minimum absolute atomic E-state index is 0.311. The molecule has 1 fully saturated rings. The average molecular weight is 362 g/mol. The molecule has 0 heterocycles. The Morgan fingerprint density at radius 2 is 1.75 bits per heavy atom. The van der Waals surface area contributed by atoms with Crippen LogP contribution in [0.25, 0.3) is 0 Å². The van der Waals surface area contributed by atoms with Gasteiger partial charge in [0, 0.05) is 0 Å². The van der Waals surface area contributed by atoms with E-state index in [4.69, 9.17) is 0 Å². The Morgan fingerprint density at radius 1 is 1.17 bits per heavy atom. The molecule has 2 N–H and O–H groups in total. The van der Waals surface area contributed by atoms with Crippen molar-refractivity contribution in [3.8, 4) is 0 Å². The summed E-state index contributed by atoms with van der Waals surface area (Å²) in [5.41, 5.74) is 0. The van der Waals surface area contributed by atoms with Gasteiger partial charge in [0.1, 0.15) is 11.3 Å². The second kappa shape index (κ2) is 9.39. The van der Waals surface area contributed by atoms with Gasteiger partial charge in [-0.15, -0.1) is 0 Å². The predicted molar refractivity (Wildman–Crippen MR) is 93.5 cm³/mol. The highest BCUT2D eigenvalue weighted by Crippen LogP contribution is 2.29. The van der Waals surface area contributed by atoms with Crippen LogP contribution in [-0.4, -0.2) is 41.9 Å². The molecule has 1 amide bonds. The van der Waals surface area contributed by atoms with Crippen molar-refractivity contribution in [1.29, 1.82) is 0 Å². The number of unbranched alkanes of at least 4 members (excludes halogenated alkanes) is 1. The first-order valence-electron chi connectivity index (χ1n) is 8.97. The second-order valence-corrected chi connectivity index (χ2v) is 9.41. The van der Waals surface area contributed by atoms with Crippen LogP contribution in [0.1, 0.15) is 72.1 Å². The molecule has 0 spiro atoms. The maximum absolute atomic E-state index is 12.9. The SMILES string of the molecule is CCCC[C@H](NC(=O)C(C(C)C)S(=O)(=O)C1CCCCC1)C(=O)O. The van der Waals surface area contributed by atoms with Crippen molar-refractivity contribution in [2.75, 3.05) is 0 Å². The molecule has 1 aliphatic rings. The molecule has 0 bridgehead atoms. The number of carboxylic acid groups (broad SMARTS) is 1. The number of aliphatic carboxylic acids is 1. The van der Waals surface area contributed by atoms with E-state index in [0.717, 1.165) is 25.7 Å². The van der Waals surface area contributed by atoms with Crippen molar-refractivity contribution in [3.05, 3.63) is 0 Å². The lowest BCUT2D eigenvalue weighted by Crippen LogP contribution is -2.51. The molecule has 2 atom stereocenters. The summed E-state index contributed by atoms with van der Waals surface area (Å²) in [4.78, 5) is 23.9. The highest BCUT2D eigenvalue weighted by molar-refractivity contribution is 7.93. The third-order valence-electron chi connectivity index (χ3n) is 4.70. The first-order valence-corrected chi connectivity index (χ1v) is 10.6. The number of carbonyl (C=O) groups excluding carboxylic acids is 1. The maximum Gasteiger partial charge on any atom is 0.326 e. The minimum atomic E-state index is -3.62. The zero-order valence-electron chi connectivity index (χ0n) is 15.0. The molecular weight excluding hydrogens is 330 g/mol. The van der Waals surface area contributed by atoms with Crippen molar-refractivity contribution in [1.82, 2.24) is 5.32 Å². The number of carboxylic acids is 1. The molecule has 140 valence electrons. The summed E-state index contributed by atoms with van der Waals surface area (Å²) in [6, 6.07) is -1.03. The normalized spacial score (nSPS) is 19.0. The van der Waals surface area contributed by atoms with Gasteiger partial charge in [0.25, 0.3) is 0 Å². The zero-order chi connectivity index (χ0) is 18.3. The Kier molecular flexibility index (Phi) is 8.19. The number of amides is 1. The summed E-state index contributed by atoms with van der Waals surface area (Å²) in [5.74, 6) is -2.18. The number of sulfone groups is 1. The Bertz CT molecular complexity index is 523. The zero-order valence-corrected chi connectivity index (χ0v) is 15.8. The Hall–Kier alpha value is -1.11. The van der Waals surface area contributed by atoms with Gasteiger partial charge in [0.2, 0.25) is 5.91 Å². The van der Waals surface area contributed by atoms with Crippen molar-refractivity contribution in [2.45, 2.75) is 88.7 Å². The number of rotatable bonds is 9. The molecule has 0 aromatic rings. The number of nitrogens with one attached hydrogen (secondary N) is 1. The first-order chi connectivity index (χ1) is 11.2. The van der Waals surface area contributed by atoms with E-state index in [-0.39, 0.29) is 0 Å². The predicted octanol–water partition coefficient (Wildman–Crippen LogP) is 2.52. The molecule has 24 heavy (non-hydrogen) atoms. The molecule has 0 aromatic carbocycles. The molecular formula is C17H31NO5S. The molecule has 6 nitrogen and oxygen atoms in total. The summed E-state index contributed by atoms with van der Waals surface area (Å²) >= 11 is 0. The fraction of sp³-hybridized carbons (Fsp3) is 0.882. The third-order valence-corrected chi connectivity index (χ3v) is 7.56. The van der Waals surface area contributed by atoms with Crippen LogP contribution < -0.4 is 5.32 Å². The quantitative estimate of drug-likeness (QED) is 0.657. The standard InChI is InChI=1S/C17H31NO5S/c1-4-5-11-14(17(20)21)18-16(19)15(12(2)3)24(22,23)13-9-7-6-8-10-13/h12-15H,4-11H2,1-3H3,(H,18,19)(H,20,21)/t14-,15?/m0/s1. The van der Waals surface area contributed by atoms with E-state index in [1.54, 1.807) is 13.8 Å². The molecule has 0 radical (unpaired) electrons. The van der Waals surface area contributed by atoms with E-state index in [0.29, 0.717) is 25.7 Å². The van der Waals surface area contributed by atoms with Gasteiger partial charge in [-0.25, -0.2) is 13.2 Å². The first kappa shape index (κ1) is 20.9. The van der Waals surface area contributed by atoms with Gasteiger partial charge in [-0.1, -0.05) is 52.9 Å². The summed E-state index contributed by atoms with van der Waals surface area (Å²) in [7, 11) is -3.62. The summed E-state index contributed by atoms with van der Waals surface area (Å²) < 4.78 is 25.9. The average Bonchev–Trinajstić information content (AvgIpc) is 2.51. The van der Waals surface area contributed by atoms with Crippen LogP contribution in [0.5, 0.6) is 0 Å². The van der Waals surface area contributed by atoms with Crippen LogP contribution in [0.4, 0.5) is 0 Å². The van der Waals surface area contributed by atoms with Gasteiger partial charge in [-0.3, -0.25) is 4.79 Å². The Balaban J connectivity index is 2.93. The largest absolute Gasteiger partial charge is 0.480 e. The van der Waals surface area contributed by atoms with Crippen molar-refractivity contribution in [3.63, 3.8) is 0 Å². The Labute approximate surface area is 145 Å². The number of hydrogen-bond donors (Lipinski definition) is 2. The van der Waals surface area contributed by atoms with E-state index in [1.165, 1.54) is 0 Å². The Morgan fingerprint density at radius 3 is 2.21 bits per heavy atom. The monoisotopic (exact) mass is 361 g/mol. The molecule has 0 aromatic heterocycles. The molecule has 0 aliphatic heterocycles. The number of carbonyl (C=O) groups is 2. The van der Waals surface area contributed by atoms with Gasteiger partial charge >= 0.3 is 5.97 Å². The summed E-state index contributed by atoms with van der Waals surface area (Å²) in [5, 5.41) is 10.1. The van der Waals surface area contributed by atoms with Crippen LogP contribution in [0, 0.1) is 5.92 Å². The van der Waals surface area contributed by atoms with E-state index < -0.39 is 44.2 Å².